The monoisotopic (exact) mass is 290 g/mol. The standard InChI is InChI=1S/C18H30N2O/c1-4-13-19-15(2)16-7-9-17(10-8-16)20(3)14-18(21)11-5-6-12-18/h7-10,15,19,21H,4-6,11-14H2,1-3H3. The average Bonchev–Trinajstić information content (AvgIpc) is 2.91. The molecular weight excluding hydrogens is 260 g/mol. The van der Waals surface area contributed by atoms with E-state index in [1.165, 1.54) is 11.3 Å². The van der Waals surface area contributed by atoms with Gasteiger partial charge in [-0.05, 0) is 50.4 Å². The van der Waals surface area contributed by atoms with Crippen LogP contribution in [0, 0.1) is 0 Å². The summed E-state index contributed by atoms with van der Waals surface area (Å²) in [6, 6.07) is 9.11. The quantitative estimate of drug-likeness (QED) is 0.807. The molecule has 2 N–H and O–H groups in total. The Balaban J connectivity index is 1.94. The third-order valence-corrected chi connectivity index (χ3v) is 4.60. The SMILES string of the molecule is CCCNC(C)c1ccc(N(C)CC2(O)CCCC2)cc1. The highest BCUT2D eigenvalue weighted by atomic mass is 16.3. The largest absolute Gasteiger partial charge is 0.388 e. The number of anilines is 1. The minimum absolute atomic E-state index is 0.392. The maximum atomic E-state index is 10.5. The van der Waals surface area contributed by atoms with E-state index in [0.29, 0.717) is 6.04 Å². The fourth-order valence-electron chi connectivity index (χ4n) is 3.22. The topological polar surface area (TPSA) is 35.5 Å². The molecule has 0 aromatic heterocycles. The van der Waals surface area contributed by atoms with Gasteiger partial charge < -0.3 is 15.3 Å². The van der Waals surface area contributed by atoms with Gasteiger partial charge in [-0.15, -0.1) is 0 Å². The van der Waals surface area contributed by atoms with E-state index in [2.05, 4.69) is 55.4 Å². The maximum absolute atomic E-state index is 10.5. The number of nitrogens with zero attached hydrogens (tertiary/aromatic N) is 1. The first-order valence-corrected chi connectivity index (χ1v) is 8.31. The van der Waals surface area contributed by atoms with E-state index in [1.807, 2.05) is 0 Å². The van der Waals surface area contributed by atoms with Crippen LogP contribution in [0.4, 0.5) is 5.69 Å². The van der Waals surface area contributed by atoms with Crippen molar-refractivity contribution in [3.05, 3.63) is 29.8 Å². The summed E-state index contributed by atoms with van der Waals surface area (Å²) < 4.78 is 0. The molecule has 3 heteroatoms. The molecule has 1 aromatic rings. The van der Waals surface area contributed by atoms with Gasteiger partial charge in [-0.3, -0.25) is 0 Å². The number of rotatable bonds is 7. The first-order valence-electron chi connectivity index (χ1n) is 8.31. The summed E-state index contributed by atoms with van der Waals surface area (Å²) in [6.07, 6.45) is 5.35. The highest BCUT2D eigenvalue weighted by Gasteiger charge is 2.32. The van der Waals surface area contributed by atoms with E-state index in [9.17, 15) is 5.11 Å². The number of likely N-dealkylation sites (N-methyl/N-ethyl adjacent to an activating group) is 1. The summed E-state index contributed by atoms with van der Waals surface area (Å²) >= 11 is 0. The fraction of sp³-hybridized carbons (Fsp3) is 0.667. The van der Waals surface area contributed by atoms with E-state index >= 15 is 0 Å². The smallest absolute Gasteiger partial charge is 0.0821 e. The molecule has 0 bridgehead atoms. The van der Waals surface area contributed by atoms with Crippen LogP contribution in [-0.4, -0.2) is 30.8 Å². The summed E-state index contributed by atoms with van der Waals surface area (Å²) in [6.45, 7) is 6.17. The predicted molar refractivity (Wildman–Crippen MR) is 89.8 cm³/mol. The zero-order chi connectivity index (χ0) is 15.3. The van der Waals surface area contributed by atoms with E-state index in [0.717, 1.165) is 45.2 Å². The molecule has 0 amide bonds. The van der Waals surface area contributed by atoms with E-state index in [-0.39, 0.29) is 0 Å². The van der Waals surface area contributed by atoms with Crippen LogP contribution in [0.15, 0.2) is 24.3 Å². The Bertz CT molecular complexity index is 423. The fourth-order valence-corrected chi connectivity index (χ4v) is 3.22. The van der Waals surface area contributed by atoms with Gasteiger partial charge in [-0.2, -0.15) is 0 Å². The second kappa shape index (κ2) is 7.28. The van der Waals surface area contributed by atoms with Crippen LogP contribution in [0.2, 0.25) is 0 Å². The molecule has 0 aliphatic heterocycles. The molecule has 1 saturated carbocycles. The summed E-state index contributed by atoms with van der Waals surface area (Å²) in [7, 11) is 2.07. The van der Waals surface area contributed by atoms with E-state index < -0.39 is 5.60 Å². The van der Waals surface area contributed by atoms with Gasteiger partial charge in [0, 0.05) is 25.3 Å². The number of hydrogen-bond donors (Lipinski definition) is 2. The van der Waals surface area contributed by atoms with Crippen LogP contribution in [0.25, 0.3) is 0 Å². The first kappa shape index (κ1) is 16.3. The summed E-state index contributed by atoms with van der Waals surface area (Å²) in [5.41, 5.74) is 2.02. The van der Waals surface area contributed by atoms with Gasteiger partial charge in [0.1, 0.15) is 0 Å². The molecule has 1 aliphatic rings. The van der Waals surface area contributed by atoms with Crippen molar-refractivity contribution < 1.29 is 5.11 Å². The molecule has 1 aliphatic carbocycles. The lowest BCUT2D eigenvalue weighted by molar-refractivity contribution is 0.0559. The summed E-state index contributed by atoms with van der Waals surface area (Å²) in [5.74, 6) is 0. The molecule has 0 radical (unpaired) electrons. The highest BCUT2D eigenvalue weighted by molar-refractivity contribution is 5.47. The summed E-state index contributed by atoms with van der Waals surface area (Å²) in [5, 5.41) is 14.0. The minimum atomic E-state index is -0.483. The Hall–Kier alpha value is -1.06. The molecule has 0 saturated heterocycles. The van der Waals surface area contributed by atoms with Crippen LogP contribution in [0.1, 0.15) is 57.6 Å². The number of benzene rings is 1. The van der Waals surface area contributed by atoms with Gasteiger partial charge >= 0.3 is 0 Å². The molecule has 118 valence electrons. The van der Waals surface area contributed by atoms with Crippen LogP contribution in [0.3, 0.4) is 0 Å². The molecule has 1 aromatic carbocycles. The normalized spacial score (nSPS) is 18.7. The van der Waals surface area contributed by atoms with Crippen molar-refractivity contribution in [2.75, 3.05) is 25.0 Å². The van der Waals surface area contributed by atoms with Crippen LogP contribution in [0.5, 0.6) is 0 Å². The first-order chi connectivity index (χ1) is 10.0. The maximum Gasteiger partial charge on any atom is 0.0821 e. The molecule has 3 nitrogen and oxygen atoms in total. The lowest BCUT2D eigenvalue weighted by atomic mass is 10.0. The number of aliphatic hydroxyl groups is 1. The molecule has 1 atom stereocenters. The van der Waals surface area contributed by atoms with Gasteiger partial charge in [-0.1, -0.05) is 31.9 Å². The molecule has 1 unspecified atom stereocenters. The molecule has 2 rings (SSSR count). The zero-order valence-electron chi connectivity index (χ0n) is 13.7. The van der Waals surface area contributed by atoms with Crippen molar-refractivity contribution >= 4 is 5.69 Å². The van der Waals surface area contributed by atoms with Gasteiger partial charge in [0.05, 0.1) is 5.60 Å². The Morgan fingerprint density at radius 3 is 2.43 bits per heavy atom. The Morgan fingerprint density at radius 1 is 1.24 bits per heavy atom. The molecule has 1 fully saturated rings. The van der Waals surface area contributed by atoms with Crippen molar-refractivity contribution in [1.29, 1.82) is 0 Å². The highest BCUT2D eigenvalue weighted by Crippen LogP contribution is 2.31. The zero-order valence-corrected chi connectivity index (χ0v) is 13.7. The number of nitrogens with one attached hydrogen (secondary N) is 1. The third-order valence-electron chi connectivity index (χ3n) is 4.60. The Kier molecular flexibility index (Phi) is 5.65. The van der Waals surface area contributed by atoms with Gasteiger partial charge in [0.15, 0.2) is 0 Å². The van der Waals surface area contributed by atoms with Crippen molar-refractivity contribution in [3.8, 4) is 0 Å². The van der Waals surface area contributed by atoms with E-state index in [4.69, 9.17) is 0 Å². The van der Waals surface area contributed by atoms with Gasteiger partial charge in [-0.25, -0.2) is 0 Å². The van der Waals surface area contributed by atoms with Crippen LogP contribution >= 0.6 is 0 Å². The van der Waals surface area contributed by atoms with Crippen molar-refractivity contribution in [2.24, 2.45) is 0 Å². The lowest BCUT2D eigenvalue weighted by Gasteiger charge is -2.30. The lowest BCUT2D eigenvalue weighted by Crippen LogP contribution is -2.39. The summed E-state index contributed by atoms with van der Waals surface area (Å²) in [4.78, 5) is 2.18. The minimum Gasteiger partial charge on any atom is -0.388 e. The average molecular weight is 290 g/mol. The molecular formula is C18H30N2O. The third kappa shape index (κ3) is 4.45. The molecule has 21 heavy (non-hydrogen) atoms. The second-order valence-corrected chi connectivity index (χ2v) is 6.55. The van der Waals surface area contributed by atoms with E-state index in [1.54, 1.807) is 0 Å². The van der Waals surface area contributed by atoms with Crippen molar-refractivity contribution in [3.63, 3.8) is 0 Å². The predicted octanol–water partition coefficient (Wildman–Crippen LogP) is 3.49. The Morgan fingerprint density at radius 2 is 1.86 bits per heavy atom. The Labute approximate surface area is 129 Å². The van der Waals surface area contributed by atoms with Crippen molar-refractivity contribution in [1.82, 2.24) is 5.32 Å². The number of hydrogen-bond acceptors (Lipinski definition) is 3. The van der Waals surface area contributed by atoms with Crippen LogP contribution < -0.4 is 10.2 Å². The van der Waals surface area contributed by atoms with Crippen LogP contribution in [-0.2, 0) is 0 Å². The second-order valence-electron chi connectivity index (χ2n) is 6.55. The van der Waals surface area contributed by atoms with Gasteiger partial charge in [0.25, 0.3) is 0 Å². The van der Waals surface area contributed by atoms with Crippen molar-refractivity contribution in [2.45, 2.75) is 57.6 Å². The molecule has 0 spiro atoms. The molecule has 0 heterocycles. The van der Waals surface area contributed by atoms with Gasteiger partial charge in [0.2, 0.25) is 0 Å².